The number of anilines is 1. The zero-order valence-electron chi connectivity index (χ0n) is 21.2. The molecule has 0 fully saturated rings. The van der Waals surface area contributed by atoms with E-state index in [1.807, 2.05) is 37.4 Å². The third-order valence-electron chi connectivity index (χ3n) is 6.08. The van der Waals surface area contributed by atoms with E-state index in [2.05, 4.69) is 10.2 Å². The van der Waals surface area contributed by atoms with E-state index < -0.39 is 17.1 Å². The summed E-state index contributed by atoms with van der Waals surface area (Å²) in [5, 5.41) is 3.17. The fourth-order valence-corrected chi connectivity index (χ4v) is 4.24. The van der Waals surface area contributed by atoms with Crippen LogP contribution in [0.15, 0.2) is 75.9 Å². The number of halogens is 1. The molecule has 1 amide bonds. The van der Waals surface area contributed by atoms with Crippen LogP contribution in [-0.2, 0) is 0 Å². The Morgan fingerprint density at radius 1 is 0.974 bits per heavy atom. The van der Waals surface area contributed by atoms with E-state index in [0.29, 0.717) is 36.0 Å². The molecule has 0 aliphatic rings. The van der Waals surface area contributed by atoms with E-state index in [1.165, 1.54) is 38.5 Å². The highest BCUT2D eigenvalue weighted by molar-refractivity contribution is 6.31. The number of methoxy groups -OCH3 is 2. The average molecular weight is 535 g/mol. The molecule has 0 radical (unpaired) electrons. The molecule has 8 nitrogen and oxygen atoms in total. The number of benzene rings is 3. The van der Waals surface area contributed by atoms with Gasteiger partial charge in [-0.1, -0.05) is 29.8 Å². The molecular weight excluding hydrogens is 508 g/mol. The van der Waals surface area contributed by atoms with Gasteiger partial charge in [-0.3, -0.25) is 14.4 Å². The molecule has 1 aromatic heterocycles. The zero-order chi connectivity index (χ0) is 27.2. The number of nitrogens with one attached hydrogen (secondary N) is 1. The maximum absolute atomic E-state index is 13.6. The van der Waals surface area contributed by atoms with Crippen LogP contribution in [0.4, 0.5) is 5.69 Å². The standard InChI is InChI=1S/C29H27ClN2O6/c1-32(20-8-5-4-6-9-20)15-7-14-31-29(35)28-25(27(34)21-17-19(30)11-13-22(21)38-28)26(33)18-10-12-23(36-2)24(16-18)37-3/h4-6,8-13,16-17H,7,14-15H2,1-3H3,(H,31,35). The fourth-order valence-electron chi connectivity index (χ4n) is 4.07. The number of carbonyl (C=O) groups excluding carboxylic acids is 2. The van der Waals surface area contributed by atoms with E-state index in [4.69, 9.17) is 25.5 Å². The topological polar surface area (TPSA) is 98.1 Å². The lowest BCUT2D eigenvalue weighted by molar-refractivity contribution is 0.0913. The quantitative estimate of drug-likeness (QED) is 0.227. The van der Waals surface area contributed by atoms with Crippen LogP contribution in [0.3, 0.4) is 0 Å². The first-order valence-corrected chi connectivity index (χ1v) is 12.3. The number of para-hydroxylation sites is 1. The molecule has 0 aliphatic heterocycles. The van der Waals surface area contributed by atoms with Gasteiger partial charge in [0.05, 0.1) is 19.6 Å². The van der Waals surface area contributed by atoms with Gasteiger partial charge in [-0.15, -0.1) is 0 Å². The van der Waals surface area contributed by atoms with Crippen LogP contribution in [0.25, 0.3) is 11.0 Å². The SMILES string of the molecule is COc1ccc(C(=O)c2c(C(=O)NCCCN(C)c3ccccc3)oc3ccc(Cl)cc3c2=O)cc1OC. The van der Waals surface area contributed by atoms with E-state index in [-0.39, 0.29) is 27.9 Å². The highest BCUT2D eigenvalue weighted by Crippen LogP contribution is 2.29. The Kier molecular flexibility index (Phi) is 8.33. The zero-order valence-corrected chi connectivity index (χ0v) is 22.0. The van der Waals surface area contributed by atoms with Gasteiger partial charge in [-0.05, 0) is 55.0 Å². The number of amides is 1. The fraction of sp³-hybridized carbons (Fsp3) is 0.207. The van der Waals surface area contributed by atoms with Gasteiger partial charge in [0.15, 0.2) is 11.5 Å². The maximum atomic E-state index is 13.6. The lowest BCUT2D eigenvalue weighted by Crippen LogP contribution is -2.31. The van der Waals surface area contributed by atoms with Crippen molar-refractivity contribution < 1.29 is 23.5 Å². The van der Waals surface area contributed by atoms with Crippen molar-refractivity contribution in [2.75, 3.05) is 39.3 Å². The van der Waals surface area contributed by atoms with Crippen molar-refractivity contribution in [3.8, 4) is 11.5 Å². The van der Waals surface area contributed by atoms with Crippen molar-refractivity contribution in [1.82, 2.24) is 5.32 Å². The summed E-state index contributed by atoms with van der Waals surface area (Å²) >= 11 is 6.09. The molecule has 3 aromatic carbocycles. The van der Waals surface area contributed by atoms with E-state index >= 15 is 0 Å². The van der Waals surface area contributed by atoms with Gasteiger partial charge in [-0.2, -0.15) is 0 Å². The third-order valence-corrected chi connectivity index (χ3v) is 6.32. The molecule has 0 bridgehead atoms. The van der Waals surface area contributed by atoms with Gasteiger partial charge in [-0.25, -0.2) is 0 Å². The smallest absolute Gasteiger partial charge is 0.287 e. The van der Waals surface area contributed by atoms with Crippen molar-refractivity contribution in [1.29, 1.82) is 0 Å². The first kappa shape index (κ1) is 26.8. The summed E-state index contributed by atoms with van der Waals surface area (Å²) < 4.78 is 16.4. The third kappa shape index (κ3) is 5.65. The van der Waals surface area contributed by atoms with Crippen LogP contribution in [0, 0.1) is 0 Å². The van der Waals surface area contributed by atoms with Crippen LogP contribution in [0.1, 0.15) is 32.9 Å². The summed E-state index contributed by atoms with van der Waals surface area (Å²) in [6.07, 6.45) is 0.628. The van der Waals surface area contributed by atoms with Crippen LogP contribution >= 0.6 is 11.6 Å². The van der Waals surface area contributed by atoms with E-state index in [0.717, 1.165) is 5.69 Å². The molecule has 0 spiro atoms. The Bertz CT molecular complexity index is 1530. The highest BCUT2D eigenvalue weighted by atomic mass is 35.5. The summed E-state index contributed by atoms with van der Waals surface area (Å²) in [7, 11) is 4.87. The summed E-state index contributed by atoms with van der Waals surface area (Å²) in [4.78, 5) is 42.4. The molecule has 0 saturated carbocycles. The minimum atomic E-state index is -0.685. The van der Waals surface area contributed by atoms with Gasteiger partial charge < -0.3 is 24.1 Å². The monoisotopic (exact) mass is 534 g/mol. The van der Waals surface area contributed by atoms with Crippen molar-refractivity contribution >= 4 is 39.9 Å². The van der Waals surface area contributed by atoms with Crippen LogP contribution in [0.2, 0.25) is 5.02 Å². The molecule has 0 aliphatic carbocycles. The van der Waals surface area contributed by atoms with Crippen molar-refractivity contribution in [3.63, 3.8) is 0 Å². The van der Waals surface area contributed by atoms with Crippen molar-refractivity contribution in [3.05, 3.63) is 98.9 Å². The Hall–Kier alpha value is -4.30. The lowest BCUT2D eigenvalue weighted by Gasteiger charge is -2.19. The number of ether oxygens (including phenoxy) is 2. The number of ketones is 1. The second-order valence-corrected chi connectivity index (χ2v) is 8.98. The van der Waals surface area contributed by atoms with Gasteiger partial charge >= 0.3 is 0 Å². The first-order chi connectivity index (χ1) is 18.3. The molecule has 0 atom stereocenters. The van der Waals surface area contributed by atoms with Crippen molar-refractivity contribution in [2.45, 2.75) is 6.42 Å². The number of fused-ring (bicyclic) bond motifs is 1. The molecule has 4 aromatic rings. The number of carbonyl (C=O) groups is 2. The van der Waals surface area contributed by atoms with E-state index in [9.17, 15) is 14.4 Å². The van der Waals surface area contributed by atoms with Gasteiger partial charge in [0.1, 0.15) is 11.1 Å². The molecule has 0 unspecified atom stereocenters. The molecular formula is C29H27ClN2O6. The minimum Gasteiger partial charge on any atom is -0.493 e. The normalized spacial score (nSPS) is 10.7. The molecule has 1 N–H and O–H groups in total. The van der Waals surface area contributed by atoms with Crippen molar-refractivity contribution in [2.24, 2.45) is 0 Å². The van der Waals surface area contributed by atoms with Gasteiger partial charge in [0.25, 0.3) is 5.91 Å². The maximum Gasteiger partial charge on any atom is 0.287 e. The van der Waals surface area contributed by atoms with Crippen LogP contribution in [0.5, 0.6) is 11.5 Å². The summed E-state index contributed by atoms with van der Waals surface area (Å²) in [5.74, 6) is -0.985. The first-order valence-electron chi connectivity index (χ1n) is 11.9. The molecule has 196 valence electrons. The Morgan fingerprint density at radius 3 is 2.42 bits per heavy atom. The second kappa shape index (κ2) is 11.8. The minimum absolute atomic E-state index is 0.0994. The Morgan fingerprint density at radius 2 is 1.71 bits per heavy atom. The van der Waals surface area contributed by atoms with Gasteiger partial charge in [0, 0.05) is 36.4 Å². The predicted octanol–water partition coefficient (Wildman–Crippen LogP) is 4.95. The summed E-state index contributed by atoms with van der Waals surface area (Å²) in [5.41, 5.74) is 0.307. The number of hydrogen-bond acceptors (Lipinski definition) is 7. The highest BCUT2D eigenvalue weighted by Gasteiger charge is 2.27. The molecule has 9 heteroatoms. The molecule has 4 rings (SSSR count). The molecule has 0 saturated heterocycles. The largest absolute Gasteiger partial charge is 0.493 e. The lowest BCUT2D eigenvalue weighted by atomic mass is 9.99. The van der Waals surface area contributed by atoms with E-state index in [1.54, 1.807) is 12.1 Å². The van der Waals surface area contributed by atoms with Crippen LogP contribution in [-0.4, -0.2) is 46.0 Å². The molecule has 38 heavy (non-hydrogen) atoms. The number of nitrogens with zero attached hydrogens (tertiary/aromatic N) is 1. The number of rotatable bonds is 10. The predicted molar refractivity (Wildman–Crippen MR) is 147 cm³/mol. The molecule has 1 heterocycles. The Labute approximate surface area is 224 Å². The van der Waals surface area contributed by atoms with Crippen LogP contribution < -0.4 is 25.1 Å². The average Bonchev–Trinajstić information content (AvgIpc) is 2.95. The second-order valence-electron chi connectivity index (χ2n) is 8.54. The van der Waals surface area contributed by atoms with Gasteiger partial charge in [0.2, 0.25) is 17.0 Å². The Balaban J connectivity index is 1.64. The summed E-state index contributed by atoms with van der Waals surface area (Å²) in [6.45, 7) is 0.990. The number of hydrogen-bond donors (Lipinski definition) is 1. The summed E-state index contributed by atoms with van der Waals surface area (Å²) in [6, 6.07) is 18.8.